The Hall–Kier alpha value is -1.36. The molecule has 0 bridgehead atoms. The molecule has 1 aromatic heterocycles. The summed E-state index contributed by atoms with van der Waals surface area (Å²) >= 11 is 3.18. The SMILES string of the molecule is CCc1cc(-c2cc(N)on2)cc(Br)c1F. The highest BCUT2D eigenvalue weighted by Crippen LogP contribution is 2.28. The highest BCUT2D eigenvalue weighted by molar-refractivity contribution is 9.10. The van der Waals surface area contributed by atoms with Gasteiger partial charge in [-0.3, -0.25) is 0 Å². The summed E-state index contributed by atoms with van der Waals surface area (Å²) in [6.45, 7) is 1.89. The Morgan fingerprint density at radius 2 is 2.19 bits per heavy atom. The Kier molecular flexibility index (Phi) is 2.96. The van der Waals surface area contributed by atoms with Crippen LogP contribution in [-0.4, -0.2) is 5.16 Å². The Morgan fingerprint density at radius 1 is 1.44 bits per heavy atom. The third kappa shape index (κ3) is 1.95. The van der Waals surface area contributed by atoms with Gasteiger partial charge in [0.05, 0.1) is 4.47 Å². The molecule has 0 atom stereocenters. The van der Waals surface area contributed by atoms with Crippen molar-refractivity contribution >= 4 is 21.8 Å². The number of aryl methyl sites for hydroxylation is 1. The van der Waals surface area contributed by atoms with E-state index in [2.05, 4.69) is 21.1 Å². The van der Waals surface area contributed by atoms with Gasteiger partial charge in [0.15, 0.2) is 0 Å². The van der Waals surface area contributed by atoms with Gasteiger partial charge >= 0.3 is 0 Å². The van der Waals surface area contributed by atoms with Crippen LogP contribution >= 0.6 is 15.9 Å². The molecule has 2 N–H and O–H groups in total. The summed E-state index contributed by atoms with van der Waals surface area (Å²) in [5.74, 6) is 0.0104. The first-order valence-corrected chi connectivity index (χ1v) is 5.61. The van der Waals surface area contributed by atoms with E-state index in [1.807, 2.05) is 6.92 Å². The van der Waals surface area contributed by atoms with E-state index in [0.717, 1.165) is 5.56 Å². The first kappa shape index (κ1) is 11.1. The minimum absolute atomic E-state index is 0.234. The molecular formula is C11H10BrFN2O. The van der Waals surface area contributed by atoms with E-state index in [1.165, 1.54) is 0 Å². The van der Waals surface area contributed by atoms with Gasteiger partial charge in [-0.2, -0.15) is 0 Å². The Labute approximate surface area is 101 Å². The second-order valence-electron chi connectivity index (χ2n) is 3.40. The fourth-order valence-electron chi connectivity index (χ4n) is 1.48. The summed E-state index contributed by atoms with van der Waals surface area (Å²) in [7, 11) is 0. The Bertz CT molecular complexity index is 525. The van der Waals surface area contributed by atoms with Crippen LogP contribution in [0.15, 0.2) is 27.2 Å². The van der Waals surface area contributed by atoms with E-state index in [4.69, 9.17) is 10.3 Å². The average Bonchev–Trinajstić information content (AvgIpc) is 2.69. The number of aromatic nitrogens is 1. The van der Waals surface area contributed by atoms with Crippen molar-refractivity contribution < 1.29 is 8.91 Å². The minimum atomic E-state index is -0.234. The molecule has 5 heteroatoms. The van der Waals surface area contributed by atoms with E-state index in [-0.39, 0.29) is 11.7 Å². The summed E-state index contributed by atoms with van der Waals surface area (Å²) in [5, 5.41) is 3.79. The van der Waals surface area contributed by atoms with Crippen LogP contribution in [0.5, 0.6) is 0 Å². The maximum absolute atomic E-state index is 13.6. The highest BCUT2D eigenvalue weighted by atomic mass is 79.9. The molecule has 0 aliphatic heterocycles. The smallest absolute Gasteiger partial charge is 0.222 e. The largest absolute Gasteiger partial charge is 0.368 e. The highest BCUT2D eigenvalue weighted by Gasteiger charge is 2.11. The lowest BCUT2D eigenvalue weighted by Crippen LogP contribution is -1.91. The first-order chi connectivity index (χ1) is 7.61. The molecule has 0 fully saturated rings. The molecule has 84 valence electrons. The van der Waals surface area contributed by atoms with Gasteiger partial charge in [-0.15, -0.1) is 0 Å². The van der Waals surface area contributed by atoms with Gasteiger partial charge in [0, 0.05) is 11.6 Å². The van der Waals surface area contributed by atoms with Crippen LogP contribution in [0.1, 0.15) is 12.5 Å². The van der Waals surface area contributed by atoms with Crippen LogP contribution in [0, 0.1) is 5.82 Å². The van der Waals surface area contributed by atoms with Gasteiger partial charge in [0.25, 0.3) is 0 Å². The molecule has 3 nitrogen and oxygen atoms in total. The van der Waals surface area contributed by atoms with Gasteiger partial charge in [-0.25, -0.2) is 4.39 Å². The molecule has 0 amide bonds. The van der Waals surface area contributed by atoms with Gasteiger partial charge in [0.2, 0.25) is 5.88 Å². The second kappa shape index (κ2) is 4.25. The molecule has 0 saturated heterocycles. The predicted molar refractivity (Wildman–Crippen MR) is 63.4 cm³/mol. The van der Waals surface area contributed by atoms with Crippen LogP contribution in [-0.2, 0) is 6.42 Å². The zero-order chi connectivity index (χ0) is 11.7. The molecule has 1 aromatic carbocycles. The monoisotopic (exact) mass is 284 g/mol. The molecule has 16 heavy (non-hydrogen) atoms. The number of hydrogen-bond donors (Lipinski definition) is 1. The zero-order valence-electron chi connectivity index (χ0n) is 8.63. The molecular weight excluding hydrogens is 275 g/mol. The van der Waals surface area contributed by atoms with Gasteiger partial charge in [-0.05, 0) is 40.0 Å². The van der Waals surface area contributed by atoms with Crippen LogP contribution in [0.25, 0.3) is 11.3 Å². The molecule has 0 radical (unpaired) electrons. The third-order valence-electron chi connectivity index (χ3n) is 2.31. The van der Waals surface area contributed by atoms with Crippen LogP contribution in [0.3, 0.4) is 0 Å². The lowest BCUT2D eigenvalue weighted by atomic mass is 10.1. The van der Waals surface area contributed by atoms with E-state index in [9.17, 15) is 4.39 Å². The molecule has 0 saturated carbocycles. The summed E-state index contributed by atoms with van der Waals surface area (Å²) < 4.78 is 18.8. The van der Waals surface area contributed by atoms with E-state index < -0.39 is 0 Å². The van der Waals surface area contributed by atoms with E-state index in [0.29, 0.717) is 22.2 Å². The normalized spacial score (nSPS) is 10.7. The predicted octanol–water partition coefficient (Wildman–Crippen LogP) is 3.39. The number of nitrogen functional groups attached to an aromatic ring is 1. The van der Waals surface area contributed by atoms with Gasteiger partial charge in [-0.1, -0.05) is 12.1 Å². The van der Waals surface area contributed by atoms with Crippen molar-refractivity contribution in [3.05, 3.63) is 34.1 Å². The Balaban J connectivity index is 2.54. The molecule has 2 rings (SSSR count). The lowest BCUT2D eigenvalue weighted by molar-refractivity contribution is 0.439. The van der Waals surface area contributed by atoms with Gasteiger partial charge in [0.1, 0.15) is 11.5 Å². The van der Waals surface area contributed by atoms with Crippen LogP contribution < -0.4 is 5.73 Å². The van der Waals surface area contributed by atoms with Crippen LogP contribution in [0.4, 0.5) is 10.3 Å². The van der Waals surface area contributed by atoms with Crippen molar-refractivity contribution in [2.24, 2.45) is 0 Å². The van der Waals surface area contributed by atoms with E-state index in [1.54, 1.807) is 18.2 Å². The quantitative estimate of drug-likeness (QED) is 0.920. The molecule has 2 aromatic rings. The number of hydrogen-bond acceptors (Lipinski definition) is 3. The fraction of sp³-hybridized carbons (Fsp3) is 0.182. The Morgan fingerprint density at radius 3 is 2.75 bits per heavy atom. The van der Waals surface area contributed by atoms with Crippen molar-refractivity contribution in [3.8, 4) is 11.3 Å². The molecule has 1 heterocycles. The number of rotatable bonds is 2. The number of anilines is 1. The molecule has 0 spiro atoms. The third-order valence-corrected chi connectivity index (χ3v) is 2.89. The average molecular weight is 285 g/mol. The molecule has 0 aliphatic rings. The standard InChI is InChI=1S/C11H10BrFN2O/c1-2-6-3-7(4-8(12)11(6)13)9-5-10(14)16-15-9/h3-5H,2,14H2,1H3. The molecule has 0 unspecified atom stereocenters. The number of benzene rings is 1. The molecule has 0 aliphatic carbocycles. The summed E-state index contributed by atoms with van der Waals surface area (Å²) in [6, 6.07) is 5.02. The summed E-state index contributed by atoms with van der Waals surface area (Å²) in [6.07, 6.45) is 0.617. The second-order valence-corrected chi connectivity index (χ2v) is 4.25. The van der Waals surface area contributed by atoms with Crippen molar-refractivity contribution in [2.45, 2.75) is 13.3 Å². The summed E-state index contributed by atoms with van der Waals surface area (Å²) in [4.78, 5) is 0. The van der Waals surface area contributed by atoms with Crippen molar-refractivity contribution in [3.63, 3.8) is 0 Å². The number of nitrogens with two attached hydrogens (primary N) is 1. The first-order valence-electron chi connectivity index (χ1n) is 4.82. The maximum Gasteiger partial charge on any atom is 0.222 e. The van der Waals surface area contributed by atoms with Crippen molar-refractivity contribution in [1.82, 2.24) is 5.16 Å². The van der Waals surface area contributed by atoms with Crippen molar-refractivity contribution in [2.75, 3.05) is 5.73 Å². The fourth-order valence-corrected chi connectivity index (χ4v) is 1.98. The minimum Gasteiger partial charge on any atom is -0.368 e. The zero-order valence-corrected chi connectivity index (χ0v) is 10.2. The maximum atomic E-state index is 13.6. The summed E-state index contributed by atoms with van der Waals surface area (Å²) in [5.41, 5.74) is 7.46. The van der Waals surface area contributed by atoms with Gasteiger partial charge < -0.3 is 10.3 Å². The van der Waals surface area contributed by atoms with Crippen LogP contribution in [0.2, 0.25) is 0 Å². The number of halogens is 2. The topological polar surface area (TPSA) is 52.0 Å². The van der Waals surface area contributed by atoms with E-state index >= 15 is 0 Å². The van der Waals surface area contributed by atoms with Crippen molar-refractivity contribution in [1.29, 1.82) is 0 Å². The lowest BCUT2D eigenvalue weighted by Gasteiger charge is -2.04. The number of nitrogens with zero attached hydrogens (tertiary/aromatic N) is 1.